The first kappa shape index (κ1) is 78.4. The summed E-state index contributed by atoms with van der Waals surface area (Å²) in [4.78, 5) is 31.4. The summed E-state index contributed by atoms with van der Waals surface area (Å²) in [6.07, 6.45) is 0. The molecular formula is C126H72N10OS3. The van der Waals surface area contributed by atoms with Crippen LogP contribution in [0.15, 0.2) is 441 Å². The number of para-hydroxylation sites is 6. The second kappa shape index (κ2) is 30.8. The van der Waals surface area contributed by atoms with Crippen LogP contribution in [0.1, 0.15) is 0 Å². The number of aromatic nitrogens is 10. The highest BCUT2D eigenvalue weighted by molar-refractivity contribution is 7.28. The average Bonchev–Trinajstić information content (AvgIpc) is 1.55. The molecule has 11 nitrogen and oxygen atoms in total. The molecule has 0 aliphatic carbocycles. The molecule has 0 fully saturated rings. The third-order valence-corrected chi connectivity index (χ3v) is 32.0. The van der Waals surface area contributed by atoms with Gasteiger partial charge in [-0.25, -0.2) is 29.9 Å². The number of hydrogen-bond acceptors (Lipinski definition) is 10. The lowest BCUT2D eigenvalue weighted by atomic mass is 9.99. The molecule has 0 atom stereocenters. The van der Waals surface area contributed by atoms with E-state index in [-0.39, 0.29) is 0 Å². The van der Waals surface area contributed by atoms with Gasteiger partial charge in [-0.05, 0) is 170 Å². The standard InChI is InChI=1S/C48H28N4S.C40H23N3S.C38H21N3OS/c1-2-12-30(13-3-1)51-40-19-9-6-14-31(40)32-23-22-29(28-42(32)51)37-24-25-39-38(49-37)26-27-44(50-39)52-41-20-10-7-17-35(41)45-33-15-4-5-16-34(33)46-36-18-8-11-21-43(36)53-48(46)47(45)52;1-2-10-25-23-26(18-17-24(25)9-1)31-19-20-33-32(41-31)21-22-36(42-33)43-34-15-7-5-13-29(34)37-27-11-3-4-12-28(27)38-30-14-6-8-16-35(30)44-40(38)39(37)43;1-2-12-22(13-3-1)33-36-34(26-17-7-10-20-29(26)42-36)40-38(39-33)41-28-19-9-6-16-25(28)31-23-14-4-5-15-24(23)32-27-18-8-11-21-30(27)43-37(32)35(31)41/h1-28H;1-23H;1-21H. The van der Waals surface area contributed by atoms with Crippen LogP contribution >= 0.6 is 34.0 Å². The van der Waals surface area contributed by atoms with E-state index in [0.717, 1.165) is 117 Å². The van der Waals surface area contributed by atoms with Crippen molar-refractivity contribution >= 4 is 269 Å². The van der Waals surface area contributed by atoms with Crippen LogP contribution in [0.5, 0.6) is 0 Å². The summed E-state index contributed by atoms with van der Waals surface area (Å²) in [6, 6.07) is 155. The topological polar surface area (TPSA) is 110 Å². The van der Waals surface area contributed by atoms with Gasteiger partial charge in [0.25, 0.3) is 0 Å². The Balaban J connectivity index is 0.0000000994. The molecule has 0 unspecified atom stereocenters. The fourth-order valence-corrected chi connectivity index (χ4v) is 26.2. The molecule has 140 heavy (non-hydrogen) atoms. The Morgan fingerprint density at radius 3 is 1.09 bits per heavy atom. The molecule has 32 aromatic rings. The van der Waals surface area contributed by atoms with Crippen LogP contribution in [0.3, 0.4) is 0 Å². The Hall–Kier alpha value is -17.9. The number of fused-ring (bicyclic) bond motifs is 39. The van der Waals surface area contributed by atoms with E-state index in [1.807, 2.05) is 70.4 Å². The first-order chi connectivity index (χ1) is 69.5. The monoisotopic (exact) mass is 1840 g/mol. The molecule has 19 aromatic carbocycles. The molecule has 650 valence electrons. The number of rotatable bonds is 7. The lowest BCUT2D eigenvalue weighted by Crippen LogP contribution is -2.03. The van der Waals surface area contributed by atoms with Gasteiger partial charge in [-0.1, -0.05) is 309 Å². The Bertz CT molecular complexity index is 10900. The lowest BCUT2D eigenvalue weighted by Gasteiger charge is -2.11. The molecule has 32 rings (SSSR count). The maximum Gasteiger partial charge on any atom is 0.236 e. The first-order valence-corrected chi connectivity index (χ1v) is 49.6. The molecular weight excluding hydrogens is 1770 g/mol. The highest BCUT2D eigenvalue weighted by atomic mass is 32.1. The van der Waals surface area contributed by atoms with Crippen molar-refractivity contribution in [2.45, 2.75) is 0 Å². The van der Waals surface area contributed by atoms with Crippen molar-refractivity contribution in [3.05, 3.63) is 437 Å². The molecule has 0 bridgehead atoms. The second-order valence-electron chi connectivity index (χ2n) is 36.1. The minimum Gasteiger partial charge on any atom is -0.452 e. The molecule has 0 saturated carbocycles. The van der Waals surface area contributed by atoms with Crippen molar-refractivity contribution in [1.29, 1.82) is 0 Å². The van der Waals surface area contributed by atoms with Crippen molar-refractivity contribution in [3.8, 4) is 57.0 Å². The van der Waals surface area contributed by atoms with Crippen LogP contribution in [-0.2, 0) is 0 Å². The number of hydrogen-bond donors (Lipinski definition) is 0. The van der Waals surface area contributed by atoms with Crippen LogP contribution in [-0.4, -0.2) is 48.2 Å². The number of furan rings is 1. The zero-order valence-electron chi connectivity index (χ0n) is 74.7. The average molecular weight is 1840 g/mol. The molecule has 14 heteroatoms. The van der Waals surface area contributed by atoms with Crippen molar-refractivity contribution in [1.82, 2.24) is 48.2 Å². The summed E-state index contributed by atoms with van der Waals surface area (Å²) in [5.74, 6) is 2.43. The van der Waals surface area contributed by atoms with E-state index in [1.54, 1.807) is 0 Å². The van der Waals surface area contributed by atoms with Crippen LogP contribution in [0.2, 0.25) is 0 Å². The fraction of sp³-hybridized carbons (Fsp3) is 0. The third kappa shape index (κ3) is 11.8. The first-order valence-electron chi connectivity index (χ1n) is 47.1. The van der Waals surface area contributed by atoms with Crippen LogP contribution in [0.4, 0.5) is 0 Å². The molecule has 0 saturated heterocycles. The molecule has 13 aromatic heterocycles. The SMILES string of the molecule is c1ccc(-c2nc(-n3c4ccccc4c4c5ccccc5c5c6ccccc6sc5c43)nc3c2oc2ccccc23)cc1.c1ccc(-n2c3ccccc3c3ccc(-c4ccc5nc(-n6c7ccccc7c7c8ccccc8c8c9ccccc9sc8c76)ccc5n4)cc32)cc1.c1ccc2cc(-c3ccc4nc(-n5c6ccccc6c6c7ccccc7c7c8ccccc8sc7c65)ccc4n3)ccc2c1. The summed E-state index contributed by atoms with van der Waals surface area (Å²) in [6.45, 7) is 0. The zero-order chi connectivity index (χ0) is 91.5. The second-order valence-corrected chi connectivity index (χ2v) is 39.2. The van der Waals surface area contributed by atoms with E-state index in [0.29, 0.717) is 11.5 Å². The van der Waals surface area contributed by atoms with Gasteiger partial charge in [0.2, 0.25) is 5.95 Å². The van der Waals surface area contributed by atoms with Gasteiger partial charge in [0.1, 0.15) is 28.4 Å². The summed E-state index contributed by atoms with van der Waals surface area (Å²) in [5.41, 5.74) is 22.1. The van der Waals surface area contributed by atoms with Gasteiger partial charge < -0.3 is 8.98 Å². The predicted octanol–water partition coefficient (Wildman–Crippen LogP) is 34.7. The van der Waals surface area contributed by atoms with E-state index in [4.69, 9.17) is 34.3 Å². The fourth-order valence-electron chi connectivity index (χ4n) is 22.4. The molecule has 0 spiro atoms. The van der Waals surface area contributed by atoms with Crippen molar-refractivity contribution in [2.75, 3.05) is 0 Å². The van der Waals surface area contributed by atoms with Gasteiger partial charge >= 0.3 is 0 Å². The lowest BCUT2D eigenvalue weighted by molar-refractivity contribution is 0.666. The van der Waals surface area contributed by atoms with Gasteiger partial charge in [0.15, 0.2) is 5.58 Å². The minimum atomic E-state index is 0.637. The van der Waals surface area contributed by atoms with Crippen LogP contribution < -0.4 is 0 Å². The Labute approximate surface area is 809 Å². The zero-order valence-corrected chi connectivity index (χ0v) is 77.1. The van der Waals surface area contributed by atoms with Crippen LogP contribution in [0, 0.1) is 0 Å². The molecule has 0 N–H and O–H groups in total. The van der Waals surface area contributed by atoms with E-state index < -0.39 is 0 Å². The molecule has 0 amide bonds. The van der Waals surface area contributed by atoms with Crippen molar-refractivity contribution in [3.63, 3.8) is 0 Å². The van der Waals surface area contributed by atoms with Crippen molar-refractivity contribution in [2.24, 2.45) is 0 Å². The number of nitrogens with zero attached hydrogens (tertiary/aromatic N) is 10. The van der Waals surface area contributed by atoms with E-state index in [1.165, 1.54) is 163 Å². The normalized spacial score (nSPS) is 12.1. The largest absolute Gasteiger partial charge is 0.452 e. The van der Waals surface area contributed by atoms with Gasteiger partial charge in [-0.15, -0.1) is 34.0 Å². The maximum absolute atomic E-state index is 6.42. The van der Waals surface area contributed by atoms with E-state index in [9.17, 15) is 0 Å². The predicted molar refractivity (Wildman–Crippen MR) is 591 cm³/mol. The number of benzene rings is 19. The molecule has 0 aliphatic rings. The quantitative estimate of drug-likeness (QED) is 0.156. The Kier molecular flexibility index (Phi) is 17.3. The molecule has 0 aliphatic heterocycles. The summed E-state index contributed by atoms with van der Waals surface area (Å²) >= 11 is 5.59. The molecule has 0 radical (unpaired) electrons. The Morgan fingerprint density at radius 2 is 0.579 bits per heavy atom. The maximum atomic E-state index is 6.42. The van der Waals surface area contributed by atoms with E-state index in [2.05, 4.69) is 419 Å². The van der Waals surface area contributed by atoms with Crippen molar-refractivity contribution < 1.29 is 4.42 Å². The summed E-state index contributed by atoms with van der Waals surface area (Å²) in [7, 11) is 0. The third-order valence-electron chi connectivity index (χ3n) is 28.5. The van der Waals surface area contributed by atoms with Crippen LogP contribution in [0.25, 0.3) is 292 Å². The molecule has 13 heterocycles. The van der Waals surface area contributed by atoms with Gasteiger partial charge in [0, 0.05) is 117 Å². The number of pyridine rings is 4. The number of thiophene rings is 3. The van der Waals surface area contributed by atoms with Gasteiger partial charge in [-0.2, -0.15) is 0 Å². The highest BCUT2D eigenvalue weighted by Gasteiger charge is 2.30. The summed E-state index contributed by atoms with van der Waals surface area (Å²) < 4.78 is 23.5. The summed E-state index contributed by atoms with van der Waals surface area (Å²) in [5, 5.41) is 28.8. The smallest absolute Gasteiger partial charge is 0.236 e. The van der Waals surface area contributed by atoms with Gasteiger partial charge in [-0.3, -0.25) is 13.7 Å². The van der Waals surface area contributed by atoms with E-state index >= 15 is 0 Å². The highest BCUT2D eigenvalue weighted by Crippen LogP contribution is 2.53. The Morgan fingerprint density at radius 1 is 0.214 bits per heavy atom. The van der Waals surface area contributed by atoms with Gasteiger partial charge in [0.05, 0.1) is 91.7 Å². The minimum absolute atomic E-state index is 0.637.